The Hall–Kier alpha value is -1.65. The number of fused-ring (bicyclic) bond motifs is 1. The Bertz CT molecular complexity index is 794. The van der Waals surface area contributed by atoms with Crippen LogP contribution >= 0.6 is 12.2 Å². The molecule has 0 saturated heterocycles. The molecule has 0 spiro atoms. The van der Waals surface area contributed by atoms with Gasteiger partial charge in [-0.15, -0.1) is 0 Å². The van der Waals surface area contributed by atoms with E-state index in [-0.39, 0.29) is 12.3 Å². The largest absolute Gasteiger partial charge is 0.331 e. The minimum absolute atomic E-state index is 0.0189. The first-order chi connectivity index (χ1) is 8.40. The molecule has 0 aliphatic carbocycles. The van der Waals surface area contributed by atoms with Crippen molar-refractivity contribution in [2.24, 2.45) is 0 Å². The first kappa shape index (κ1) is 12.8. The van der Waals surface area contributed by atoms with E-state index < -0.39 is 9.84 Å². The summed E-state index contributed by atoms with van der Waals surface area (Å²) in [5.74, 6) is 0.0189. The van der Waals surface area contributed by atoms with Crippen LogP contribution in [-0.2, 0) is 16.4 Å². The smallest absolute Gasteiger partial charge is 0.178 e. The van der Waals surface area contributed by atoms with Crippen LogP contribution in [0.4, 0.5) is 0 Å². The van der Waals surface area contributed by atoms with E-state index in [1.807, 2.05) is 6.07 Å². The molecule has 94 valence electrons. The van der Waals surface area contributed by atoms with Gasteiger partial charge in [-0.1, -0.05) is 0 Å². The van der Waals surface area contributed by atoms with Crippen LogP contribution in [0.3, 0.4) is 0 Å². The number of nitriles is 1. The van der Waals surface area contributed by atoms with Crippen LogP contribution in [-0.4, -0.2) is 30.0 Å². The van der Waals surface area contributed by atoms with Crippen molar-refractivity contribution in [3.63, 3.8) is 0 Å². The SMILES string of the molecule is CS(=O)(=O)CCn1c(=S)[nH]c2ccc(C#N)cc21. The summed E-state index contributed by atoms with van der Waals surface area (Å²) < 4.78 is 24.5. The number of H-pyrrole nitrogens is 1. The van der Waals surface area contributed by atoms with E-state index >= 15 is 0 Å². The van der Waals surface area contributed by atoms with Gasteiger partial charge in [0.05, 0.1) is 28.4 Å². The highest BCUT2D eigenvalue weighted by atomic mass is 32.2. The minimum Gasteiger partial charge on any atom is -0.331 e. The molecule has 0 bridgehead atoms. The number of benzene rings is 1. The van der Waals surface area contributed by atoms with Crippen molar-refractivity contribution in [3.8, 4) is 6.07 Å². The number of aryl methyl sites for hydroxylation is 1. The normalized spacial score (nSPS) is 11.6. The van der Waals surface area contributed by atoms with Crippen LogP contribution in [0.2, 0.25) is 0 Å². The molecule has 1 heterocycles. The summed E-state index contributed by atoms with van der Waals surface area (Å²) >= 11 is 5.15. The van der Waals surface area contributed by atoms with E-state index in [4.69, 9.17) is 17.5 Å². The van der Waals surface area contributed by atoms with Crippen LogP contribution in [0.25, 0.3) is 11.0 Å². The zero-order chi connectivity index (χ0) is 13.3. The Morgan fingerprint density at radius 2 is 2.22 bits per heavy atom. The van der Waals surface area contributed by atoms with Gasteiger partial charge in [0, 0.05) is 12.8 Å². The number of imidazole rings is 1. The van der Waals surface area contributed by atoms with Crippen molar-refractivity contribution in [2.45, 2.75) is 6.54 Å². The minimum atomic E-state index is -3.05. The fourth-order valence-electron chi connectivity index (χ4n) is 1.70. The second kappa shape index (κ2) is 4.55. The van der Waals surface area contributed by atoms with Crippen LogP contribution in [0.5, 0.6) is 0 Å². The first-order valence-corrected chi connectivity index (χ1v) is 7.68. The molecule has 2 aromatic rings. The molecule has 1 aromatic heterocycles. The average molecular weight is 281 g/mol. The topological polar surface area (TPSA) is 78.7 Å². The lowest BCUT2D eigenvalue weighted by Gasteiger charge is -2.03. The third kappa shape index (κ3) is 2.60. The van der Waals surface area contributed by atoms with Gasteiger partial charge in [-0.25, -0.2) is 8.42 Å². The fraction of sp³-hybridized carbons (Fsp3) is 0.273. The standard InChI is InChI=1S/C11H11N3O2S2/c1-18(15,16)5-4-14-10-6-8(7-12)2-3-9(10)13-11(14)17/h2-3,6H,4-5H2,1H3,(H,13,17). The summed E-state index contributed by atoms with van der Waals surface area (Å²) in [6, 6.07) is 7.20. The zero-order valence-electron chi connectivity index (χ0n) is 9.67. The van der Waals surface area contributed by atoms with Gasteiger partial charge in [0.1, 0.15) is 9.84 Å². The molecule has 5 nitrogen and oxygen atoms in total. The maximum atomic E-state index is 11.2. The molecule has 0 atom stereocenters. The van der Waals surface area contributed by atoms with E-state index in [1.165, 1.54) is 6.26 Å². The number of nitrogens with one attached hydrogen (secondary N) is 1. The van der Waals surface area contributed by atoms with Crippen LogP contribution in [0.1, 0.15) is 5.56 Å². The summed E-state index contributed by atoms with van der Waals surface area (Å²) in [5, 5.41) is 8.86. The summed E-state index contributed by atoms with van der Waals surface area (Å²) in [6.07, 6.45) is 1.19. The Morgan fingerprint density at radius 1 is 1.50 bits per heavy atom. The summed E-state index contributed by atoms with van der Waals surface area (Å²) in [5.41, 5.74) is 2.07. The zero-order valence-corrected chi connectivity index (χ0v) is 11.3. The van der Waals surface area contributed by atoms with Crippen molar-refractivity contribution in [1.82, 2.24) is 9.55 Å². The number of aromatic amines is 1. The molecule has 18 heavy (non-hydrogen) atoms. The molecular weight excluding hydrogens is 270 g/mol. The number of aromatic nitrogens is 2. The molecule has 1 aromatic carbocycles. The lowest BCUT2D eigenvalue weighted by atomic mass is 10.2. The number of rotatable bonds is 3. The maximum Gasteiger partial charge on any atom is 0.178 e. The van der Waals surface area contributed by atoms with Gasteiger partial charge >= 0.3 is 0 Å². The second-order valence-electron chi connectivity index (χ2n) is 4.06. The third-order valence-electron chi connectivity index (χ3n) is 2.59. The van der Waals surface area contributed by atoms with Gasteiger partial charge in [-0.2, -0.15) is 5.26 Å². The number of hydrogen-bond acceptors (Lipinski definition) is 4. The van der Waals surface area contributed by atoms with Gasteiger partial charge < -0.3 is 9.55 Å². The predicted molar refractivity (Wildman–Crippen MR) is 71.5 cm³/mol. The number of hydrogen-bond donors (Lipinski definition) is 1. The highest BCUT2D eigenvalue weighted by Crippen LogP contribution is 2.16. The lowest BCUT2D eigenvalue weighted by molar-refractivity contribution is 0.595. The predicted octanol–water partition coefficient (Wildman–Crippen LogP) is 1.62. The van der Waals surface area contributed by atoms with E-state index in [9.17, 15) is 8.42 Å². The van der Waals surface area contributed by atoms with Crippen LogP contribution in [0, 0.1) is 16.1 Å². The Morgan fingerprint density at radius 3 is 2.83 bits per heavy atom. The van der Waals surface area contributed by atoms with Crippen molar-refractivity contribution in [1.29, 1.82) is 5.26 Å². The fourth-order valence-corrected chi connectivity index (χ4v) is 2.52. The lowest BCUT2D eigenvalue weighted by Crippen LogP contribution is -2.11. The molecule has 7 heteroatoms. The summed E-state index contributed by atoms with van der Waals surface area (Å²) in [4.78, 5) is 2.99. The first-order valence-electron chi connectivity index (χ1n) is 5.21. The molecular formula is C11H11N3O2S2. The van der Waals surface area contributed by atoms with Gasteiger partial charge in [-0.05, 0) is 30.4 Å². The van der Waals surface area contributed by atoms with E-state index in [0.717, 1.165) is 11.0 Å². The quantitative estimate of drug-likeness (QED) is 0.867. The average Bonchev–Trinajstić information content (AvgIpc) is 2.60. The Balaban J connectivity index is 2.52. The second-order valence-corrected chi connectivity index (χ2v) is 6.70. The monoisotopic (exact) mass is 281 g/mol. The third-order valence-corrected chi connectivity index (χ3v) is 3.84. The molecule has 0 fully saturated rings. The van der Waals surface area contributed by atoms with Crippen LogP contribution < -0.4 is 0 Å². The highest BCUT2D eigenvalue weighted by molar-refractivity contribution is 7.90. The van der Waals surface area contributed by atoms with Crippen molar-refractivity contribution in [2.75, 3.05) is 12.0 Å². The number of nitrogens with zero attached hydrogens (tertiary/aromatic N) is 2. The molecule has 0 saturated carbocycles. The van der Waals surface area contributed by atoms with E-state index in [2.05, 4.69) is 4.98 Å². The van der Waals surface area contributed by atoms with Crippen LogP contribution in [0.15, 0.2) is 18.2 Å². The van der Waals surface area contributed by atoms with E-state index in [0.29, 0.717) is 10.3 Å². The maximum absolute atomic E-state index is 11.2. The molecule has 0 aliphatic rings. The molecule has 0 radical (unpaired) electrons. The van der Waals surface area contributed by atoms with Gasteiger partial charge in [0.25, 0.3) is 0 Å². The van der Waals surface area contributed by atoms with Gasteiger partial charge in [-0.3, -0.25) is 0 Å². The summed E-state index contributed by atoms with van der Waals surface area (Å²) in [7, 11) is -3.05. The Kier molecular flexibility index (Phi) is 3.24. The molecule has 0 unspecified atom stereocenters. The molecule has 2 rings (SSSR count). The molecule has 0 aliphatic heterocycles. The van der Waals surface area contributed by atoms with E-state index in [1.54, 1.807) is 22.8 Å². The van der Waals surface area contributed by atoms with Crippen molar-refractivity contribution < 1.29 is 8.42 Å². The summed E-state index contributed by atoms with van der Waals surface area (Å²) in [6.45, 7) is 0.284. The molecule has 0 amide bonds. The Labute approximate surface area is 110 Å². The van der Waals surface area contributed by atoms with Gasteiger partial charge in [0.15, 0.2) is 4.77 Å². The van der Waals surface area contributed by atoms with Crippen molar-refractivity contribution in [3.05, 3.63) is 28.5 Å². The molecule has 1 N–H and O–H groups in total. The highest BCUT2D eigenvalue weighted by Gasteiger charge is 2.08. The van der Waals surface area contributed by atoms with Gasteiger partial charge in [0.2, 0.25) is 0 Å². The van der Waals surface area contributed by atoms with Crippen molar-refractivity contribution >= 4 is 33.1 Å². The number of sulfone groups is 1.